The fraction of sp³-hybridized carbons (Fsp3) is 0.400. The molecule has 13 nitrogen and oxygen atoms in total. The normalized spacial score (nSPS) is 10.9. The minimum absolute atomic E-state index is 0.0373. The number of aromatic nitrogens is 4. The number of urea groups is 1. The van der Waals surface area contributed by atoms with Crippen LogP contribution in [0.15, 0.2) is 11.1 Å². The van der Waals surface area contributed by atoms with Gasteiger partial charge in [-0.25, -0.2) is 14.3 Å². The molecule has 0 radical (unpaired) electrons. The van der Waals surface area contributed by atoms with Gasteiger partial charge in [0, 0.05) is 7.05 Å². The molecule has 14 heteroatoms. The highest BCUT2D eigenvalue weighted by molar-refractivity contribution is 7.90. The number of aryl methyl sites for hydroxylation is 2. The number of nitrogens with one attached hydrogen (secondary N) is 2. The minimum atomic E-state index is -4.50. The van der Waals surface area contributed by atoms with Crippen molar-refractivity contribution < 1.29 is 32.2 Å². The number of sulfonamides is 1. The molecule has 2 amide bonds. The van der Waals surface area contributed by atoms with Gasteiger partial charge in [-0.05, 0) is 13.8 Å². The monoisotopic (exact) mass is 428 g/mol. The summed E-state index contributed by atoms with van der Waals surface area (Å²) in [6.07, 6.45) is 0. The number of ether oxygens (including phenoxy) is 3. The summed E-state index contributed by atoms with van der Waals surface area (Å²) in [6.45, 7) is 3.06. The van der Waals surface area contributed by atoms with Gasteiger partial charge in [0.15, 0.2) is 5.03 Å². The summed E-state index contributed by atoms with van der Waals surface area (Å²) in [5.41, 5.74) is -0.137. The van der Waals surface area contributed by atoms with Crippen molar-refractivity contribution in [2.24, 2.45) is 7.05 Å². The van der Waals surface area contributed by atoms with Crippen molar-refractivity contribution in [2.75, 3.05) is 26.1 Å². The summed E-state index contributed by atoms with van der Waals surface area (Å²) in [7, 11) is -0.488. The minimum Gasteiger partial charge on any atom is -0.481 e. The molecule has 0 atom stereocenters. The number of hydrogen-bond acceptors (Lipinski definition) is 10. The molecule has 2 aromatic rings. The van der Waals surface area contributed by atoms with Gasteiger partial charge in [-0.2, -0.15) is 23.5 Å². The van der Waals surface area contributed by atoms with Gasteiger partial charge < -0.3 is 14.2 Å². The Balaban J connectivity index is 2.31. The molecule has 0 fully saturated rings. The number of carbonyl (C=O) groups is 2. The molecule has 0 aliphatic heterocycles. The van der Waals surface area contributed by atoms with Gasteiger partial charge in [0.05, 0.1) is 32.6 Å². The third-order valence-corrected chi connectivity index (χ3v) is 4.89. The van der Waals surface area contributed by atoms with Crippen molar-refractivity contribution in [3.8, 4) is 11.8 Å². The van der Waals surface area contributed by atoms with Crippen molar-refractivity contribution in [3.63, 3.8) is 0 Å². The predicted molar refractivity (Wildman–Crippen MR) is 98.4 cm³/mol. The molecule has 2 N–H and O–H groups in total. The lowest BCUT2D eigenvalue weighted by Crippen LogP contribution is -2.36. The third-order valence-electron chi connectivity index (χ3n) is 3.45. The molecule has 0 bridgehead atoms. The Kier molecular flexibility index (Phi) is 6.58. The number of nitrogens with zero attached hydrogens (tertiary/aromatic N) is 4. The summed E-state index contributed by atoms with van der Waals surface area (Å²) in [5.74, 6) is -0.968. The lowest BCUT2D eigenvalue weighted by Gasteiger charge is -2.11. The van der Waals surface area contributed by atoms with Crippen LogP contribution in [0.25, 0.3) is 0 Å². The maximum absolute atomic E-state index is 12.7. The standard InChI is InChI=1S/C15H20N6O7S/c1-6-28-13(22)11-8(2)19-21(3)12(11)29(24,25)20-15(23)18-14-16-9(26-4)7-10(17-14)27-5/h7H,6H2,1-5H3,(H2,16,17,18,20,23). The number of amides is 2. The molecule has 2 heterocycles. The predicted octanol–water partition coefficient (Wildman–Crippen LogP) is 0.223. The largest absolute Gasteiger partial charge is 0.481 e. The van der Waals surface area contributed by atoms with E-state index in [2.05, 4.69) is 20.4 Å². The summed E-state index contributed by atoms with van der Waals surface area (Å²) in [4.78, 5) is 32.1. The zero-order valence-corrected chi connectivity index (χ0v) is 17.2. The van der Waals surface area contributed by atoms with Crippen LogP contribution in [0.3, 0.4) is 0 Å². The molecule has 0 aliphatic carbocycles. The highest BCUT2D eigenvalue weighted by Crippen LogP contribution is 2.20. The first-order valence-electron chi connectivity index (χ1n) is 8.14. The van der Waals surface area contributed by atoms with E-state index in [1.54, 1.807) is 11.6 Å². The molecule has 0 saturated heterocycles. The molecule has 0 aromatic carbocycles. The molecule has 0 saturated carbocycles. The Morgan fingerprint density at radius 3 is 2.28 bits per heavy atom. The SMILES string of the molecule is CCOC(=O)c1c(C)nn(C)c1S(=O)(=O)NC(=O)Nc1nc(OC)cc(OC)n1. The van der Waals surface area contributed by atoms with E-state index in [9.17, 15) is 18.0 Å². The topological polar surface area (TPSA) is 164 Å². The van der Waals surface area contributed by atoms with Crippen molar-refractivity contribution in [1.82, 2.24) is 24.5 Å². The molecular formula is C15H20N6O7S. The van der Waals surface area contributed by atoms with E-state index < -0.39 is 27.0 Å². The molecule has 29 heavy (non-hydrogen) atoms. The van der Waals surface area contributed by atoms with Gasteiger partial charge >= 0.3 is 12.0 Å². The maximum atomic E-state index is 12.7. The van der Waals surface area contributed by atoms with Crippen LogP contribution in [-0.4, -0.2) is 61.0 Å². The third kappa shape index (κ3) is 4.90. The van der Waals surface area contributed by atoms with Crippen LogP contribution in [0.2, 0.25) is 0 Å². The Labute approximate surface area is 166 Å². The number of esters is 1. The van der Waals surface area contributed by atoms with Gasteiger partial charge in [-0.3, -0.25) is 10.00 Å². The van der Waals surface area contributed by atoms with E-state index in [0.29, 0.717) is 0 Å². The van der Waals surface area contributed by atoms with E-state index >= 15 is 0 Å². The molecular weight excluding hydrogens is 408 g/mol. The smallest absolute Gasteiger partial charge is 0.343 e. The number of hydrogen-bond donors (Lipinski definition) is 2. The first-order valence-corrected chi connectivity index (χ1v) is 9.62. The molecule has 0 aliphatic rings. The van der Waals surface area contributed by atoms with E-state index in [4.69, 9.17) is 14.2 Å². The number of anilines is 1. The quantitative estimate of drug-likeness (QED) is 0.583. The van der Waals surface area contributed by atoms with Crippen molar-refractivity contribution in [3.05, 3.63) is 17.3 Å². The zero-order chi connectivity index (χ0) is 21.8. The second kappa shape index (κ2) is 8.72. The zero-order valence-electron chi connectivity index (χ0n) is 16.3. The van der Waals surface area contributed by atoms with Gasteiger partial charge in [-0.15, -0.1) is 0 Å². The second-order valence-electron chi connectivity index (χ2n) is 5.45. The van der Waals surface area contributed by atoms with Crippen LogP contribution >= 0.6 is 0 Å². The number of methoxy groups -OCH3 is 2. The number of rotatable bonds is 7. The van der Waals surface area contributed by atoms with E-state index in [1.807, 2.05) is 0 Å². The Hall–Kier alpha value is -3.42. The lowest BCUT2D eigenvalue weighted by molar-refractivity contribution is 0.0520. The summed E-state index contributed by atoms with van der Waals surface area (Å²) >= 11 is 0. The number of carbonyl (C=O) groups excluding carboxylic acids is 2. The second-order valence-corrected chi connectivity index (χ2v) is 7.04. The summed E-state index contributed by atoms with van der Waals surface area (Å²) < 4.78 is 42.9. The fourth-order valence-corrected chi connectivity index (χ4v) is 3.63. The van der Waals surface area contributed by atoms with E-state index in [1.165, 1.54) is 34.3 Å². The van der Waals surface area contributed by atoms with Crippen LogP contribution < -0.4 is 19.5 Å². The van der Waals surface area contributed by atoms with E-state index in [0.717, 1.165) is 4.68 Å². The lowest BCUT2D eigenvalue weighted by atomic mass is 10.3. The molecule has 0 spiro atoms. The van der Waals surface area contributed by atoms with Gasteiger partial charge in [0.25, 0.3) is 10.0 Å². The van der Waals surface area contributed by atoms with E-state index in [-0.39, 0.29) is 35.6 Å². The average Bonchev–Trinajstić information content (AvgIpc) is 2.95. The first-order chi connectivity index (χ1) is 13.6. The summed E-state index contributed by atoms with van der Waals surface area (Å²) in [6, 6.07) is 0.193. The highest BCUT2D eigenvalue weighted by Gasteiger charge is 2.32. The fourth-order valence-electron chi connectivity index (χ4n) is 2.35. The molecule has 2 rings (SSSR count). The Morgan fingerprint density at radius 1 is 1.17 bits per heavy atom. The van der Waals surface area contributed by atoms with Crippen LogP contribution in [0.5, 0.6) is 11.8 Å². The average molecular weight is 428 g/mol. The van der Waals surface area contributed by atoms with Crippen LogP contribution in [-0.2, 0) is 21.8 Å². The molecule has 158 valence electrons. The molecule has 0 unspecified atom stereocenters. The van der Waals surface area contributed by atoms with Crippen molar-refractivity contribution in [1.29, 1.82) is 0 Å². The van der Waals surface area contributed by atoms with Crippen molar-refractivity contribution in [2.45, 2.75) is 18.9 Å². The van der Waals surface area contributed by atoms with Crippen molar-refractivity contribution >= 4 is 28.0 Å². The molecule has 2 aromatic heterocycles. The van der Waals surface area contributed by atoms with Crippen LogP contribution in [0.1, 0.15) is 23.0 Å². The first kappa shape index (κ1) is 21.9. The summed E-state index contributed by atoms with van der Waals surface area (Å²) in [5, 5.41) is 5.56. The van der Waals surface area contributed by atoms with Gasteiger partial charge in [0.2, 0.25) is 17.7 Å². The Morgan fingerprint density at radius 2 is 1.76 bits per heavy atom. The van der Waals surface area contributed by atoms with Crippen LogP contribution in [0, 0.1) is 6.92 Å². The van der Waals surface area contributed by atoms with Gasteiger partial charge in [-0.1, -0.05) is 0 Å². The maximum Gasteiger partial charge on any atom is 0.343 e. The van der Waals surface area contributed by atoms with Gasteiger partial charge in [0.1, 0.15) is 5.56 Å². The highest BCUT2D eigenvalue weighted by atomic mass is 32.2. The van der Waals surface area contributed by atoms with Crippen LogP contribution in [0.4, 0.5) is 10.7 Å². The Bertz CT molecular complexity index is 1010.